The molecule has 7 heteroatoms. The molecule has 0 bridgehead atoms. The van der Waals surface area contributed by atoms with Gasteiger partial charge >= 0.3 is 16.4 Å². The normalized spacial score (nSPS) is 10.9. The van der Waals surface area contributed by atoms with E-state index in [0.29, 0.717) is 0 Å². The van der Waals surface area contributed by atoms with E-state index in [1.165, 1.54) is 0 Å². The summed E-state index contributed by atoms with van der Waals surface area (Å²) in [6, 6.07) is 0. The molecule has 0 aliphatic heterocycles. The van der Waals surface area contributed by atoms with Crippen LogP contribution in [0.3, 0.4) is 0 Å². The predicted molar refractivity (Wildman–Crippen MR) is 27.6 cm³/mol. The predicted octanol–water partition coefficient (Wildman–Crippen LogP) is -0.0353. The smallest absolute Gasteiger partial charge is 0.324 e. The van der Waals surface area contributed by atoms with Crippen molar-refractivity contribution in [3.8, 4) is 0 Å². The first-order valence-corrected chi connectivity index (χ1v) is 3.37. The van der Waals surface area contributed by atoms with E-state index < -0.39 is 16.4 Å². The Morgan fingerprint density at radius 3 is 2.11 bits per heavy atom. The van der Waals surface area contributed by atoms with E-state index in [-0.39, 0.29) is 0 Å². The van der Waals surface area contributed by atoms with Gasteiger partial charge in [-0.3, -0.25) is 4.79 Å². The Kier molecular flexibility index (Phi) is 2.89. The SMILES string of the molecule is CC(=O)OS(=O)(=O)OCl. The molecule has 5 nitrogen and oxygen atoms in total. The number of carbonyl (C=O) groups excluding carboxylic acids is 1. The molecule has 0 aromatic heterocycles. The summed E-state index contributed by atoms with van der Waals surface area (Å²) >= 11 is 4.37. The summed E-state index contributed by atoms with van der Waals surface area (Å²) in [5.74, 6) is -1.00. The molecule has 0 aromatic rings. The van der Waals surface area contributed by atoms with Crippen molar-refractivity contribution in [2.24, 2.45) is 0 Å². The number of hydrogen-bond acceptors (Lipinski definition) is 5. The molecule has 0 heterocycles. The van der Waals surface area contributed by atoms with E-state index >= 15 is 0 Å². The van der Waals surface area contributed by atoms with Crippen LogP contribution in [0.15, 0.2) is 0 Å². The van der Waals surface area contributed by atoms with E-state index in [9.17, 15) is 13.2 Å². The van der Waals surface area contributed by atoms with Crippen LogP contribution in [0.25, 0.3) is 0 Å². The number of halogens is 1. The molecule has 0 N–H and O–H groups in total. The zero-order valence-electron chi connectivity index (χ0n) is 4.33. The Hall–Kier alpha value is -0.330. The highest BCUT2D eigenvalue weighted by Crippen LogP contribution is 1.97. The average molecular weight is 175 g/mol. The molecule has 0 aliphatic rings. The first kappa shape index (κ1) is 8.67. The fourth-order valence-corrected chi connectivity index (χ4v) is 0.547. The highest BCUT2D eigenvalue weighted by molar-refractivity contribution is 7.83. The lowest BCUT2D eigenvalue weighted by Gasteiger charge is -1.93. The largest absolute Gasteiger partial charge is 0.468 e. The summed E-state index contributed by atoms with van der Waals surface area (Å²) in [4.78, 5) is 9.88. The fraction of sp³-hybridized carbons (Fsp3) is 0.500. The third-order valence-electron chi connectivity index (χ3n) is 0.297. The van der Waals surface area contributed by atoms with Gasteiger partial charge in [0.15, 0.2) is 0 Å². The maximum atomic E-state index is 10.0. The number of carbonyl (C=O) groups is 1. The molecule has 0 saturated heterocycles. The van der Waals surface area contributed by atoms with Crippen molar-refractivity contribution in [2.45, 2.75) is 6.92 Å². The number of rotatable bonds is 2. The second-order valence-corrected chi connectivity index (χ2v) is 2.53. The van der Waals surface area contributed by atoms with Gasteiger partial charge in [0, 0.05) is 6.92 Å². The third-order valence-corrected chi connectivity index (χ3v) is 1.35. The van der Waals surface area contributed by atoms with Crippen molar-refractivity contribution < 1.29 is 21.1 Å². The van der Waals surface area contributed by atoms with Crippen LogP contribution in [0.1, 0.15) is 6.92 Å². The van der Waals surface area contributed by atoms with Crippen LogP contribution < -0.4 is 0 Å². The number of hydrogen-bond donors (Lipinski definition) is 0. The van der Waals surface area contributed by atoms with Gasteiger partial charge in [-0.25, -0.2) is 0 Å². The van der Waals surface area contributed by atoms with Crippen LogP contribution in [-0.4, -0.2) is 14.4 Å². The van der Waals surface area contributed by atoms with Crippen molar-refractivity contribution >= 4 is 28.2 Å². The summed E-state index contributed by atoms with van der Waals surface area (Å²) in [5.41, 5.74) is 0. The van der Waals surface area contributed by atoms with E-state index in [1.807, 2.05) is 0 Å². The minimum Gasteiger partial charge on any atom is -0.324 e. The van der Waals surface area contributed by atoms with Gasteiger partial charge < -0.3 is 4.18 Å². The molecule has 54 valence electrons. The van der Waals surface area contributed by atoms with E-state index in [0.717, 1.165) is 6.92 Å². The second kappa shape index (κ2) is 3.00. The monoisotopic (exact) mass is 174 g/mol. The molecule has 0 unspecified atom stereocenters. The van der Waals surface area contributed by atoms with Gasteiger partial charge in [-0.05, 0) is 0 Å². The van der Waals surface area contributed by atoms with Gasteiger partial charge in [0.1, 0.15) is 0 Å². The maximum Gasteiger partial charge on any atom is 0.468 e. The molecule has 0 spiro atoms. The molecule has 0 rings (SSSR count). The Bertz CT molecular complexity index is 193. The van der Waals surface area contributed by atoms with E-state index in [4.69, 9.17) is 0 Å². The lowest BCUT2D eigenvalue weighted by Crippen LogP contribution is -2.08. The van der Waals surface area contributed by atoms with E-state index in [2.05, 4.69) is 19.8 Å². The maximum absolute atomic E-state index is 10.0. The first-order valence-electron chi connectivity index (χ1n) is 1.73. The lowest BCUT2D eigenvalue weighted by atomic mass is 10.9. The molecular formula is C2H3ClO5S. The lowest BCUT2D eigenvalue weighted by molar-refractivity contribution is -0.131. The first-order chi connectivity index (χ1) is 3.98. The van der Waals surface area contributed by atoms with Gasteiger partial charge in [-0.1, -0.05) is 0 Å². The quantitative estimate of drug-likeness (QED) is 0.588. The van der Waals surface area contributed by atoms with Gasteiger partial charge in [-0.15, -0.1) is 3.74 Å². The zero-order valence-corrected chi connectivity index (χ0v) is 5.90. The Morgan fingerprint density at radius 1 is 1.56 bits per heavy atom. The Balaban J connectivity index is 4.06. The van der Waals surface area contributed by atoms with Crippen LogP contribution in [0, 0.1) is 0 Å². The summed E-state index contributed by atoms with van der Waals surface area (Å²) in [6.07, 6.45) is 0. The molecule has 0 saturated carbocycles. The molecule has 0 amide bonds. The minimum absolute atomic E-state index is 0.910. The highest BCUT2D eigenvalue weighted by atomic mass is 35.5. The third kappa shape index (κ3) is 4.19. The van der Waals surface area contributed by atoms with E-state index in [1.54, 1.807) is 0 Å². The molecular weight excluding hydrogens is 172 g/mol. The van der Waals surface area contributed by atoms with Crippen molar-refractivity contribution in [3.05, 3.63) is 0 Å². The zero-order chi connectivity index (χ0) is 7.49. The van der Waals surface area contributed by atoms with Crippen LogP contribution >= 0.6 is 11.9 Å². The second-order valence-electron chi connectivity index (χ2n) is 1.05. The molecule has 0 aliphatic carbocycles. The molecule has 0 fully saturated rings. The fourth-order valence-electron chi connectivity index (χ4n) is 0.157. The van der Waals surface area contributed by atoms with Crippen molar-refractivity contribution in [3.63, 3.8) is 0 Å². The Labute approximate surface area is 57.0 Å². The van der Waals surface area contributed by atoms with Crippen LogP contribution in [0.5, 0.6) is 0 Å². The van der Waals surface area contributed by atoms with Gasteiger partial charge in [0.25, 0.3) is 0 Å². The summed E-state index contributed by atoms with van der Waals surface area (Å²) in [6.45, 7) is 0.910. The van der Waals surface area contributed by atoms with Crippen molar-refractivity contribution in [1.82, 2.24) is 0 Å². The molecule has 9 heavy (non-hydrogen) atoms. The van der Waals surface area contributed by atoms with Crippen molar-refractivity contribution in [2.75, 3.05) is 0 Å². The van der Waals surface area contributed by atoms with Gasteiger partial charge in [0.05, 0.1) is 11.9 Å². The van der Waals surface area contributed by atoms with Crippen molar-refractivity contribution in [1.29, 1.82) is 0 Å². The summed E-state index contributed by atoms with van der Waals surface area (Å²) < 4.78 is 26.8. The average Bonchev–Trinajstić information content (AvgIpc) is 1.63. The molecule has 0 aromatic carbocycles. The van der Waals surface area contributed by atoms with Gasteiger partial charge in [0.2, 0.25) is 0 Å². The van der Waals surface area contributed by atoms with Crippen LogP contribution in [0.4, 0.5) is 0 Å². The van der Waals surface area contributed by atoms with Gasteiger partial charge in [-0.2, -0.15) is 8.42 Å². The Morgan fingerprint density at radius 2 is 2.00 bits per heavy atom. The van der Waals surface area contributed by atoms with Crippen LogP contribution in [-0.2, 0) is 23.1 Å². The minimum atomic E-state index is -4.30. The highest BCUT2D eigenvalue weighted by Gasteiger charge is 2.13. The summed E-state index contributed by atoms with van der Waals surface area (Å²) in [5, 5.41) is 0. The molecule has 0 radical (unpaired) electrons. The van der Waals surface area contributed by atoms with Crippen LogP contribution in [0.2, 0.25) is 0 Å². The standard InChI is InChI=1S/C2H3ClO5S/c1-2(4)7-9(5,6)8-3/h1H3. The molecule has 0 atom stereocenters. The topological polar surface area (TPSA) is 69.7 Å². The summed E-state index contributed by atoms with van der Waals surface area (Å²) in [7, 11) is -4.30.